The van der Waals surface area contributed by atoms with Crippen LogP contribution in [0.25, 0.3) is 10.9 Å². The lowest BCUT2D eigenvalue weighted by molar-refractivity contribution is -0.112. The summed E-state index contributed by atoms with van der Waals surface area (Å²) in [6.07, 6.45) is 5.61. The fraction of sp³-hybridized carbons (Fsp3) is 0.393. The van der Waals surface area contributed by atoms with Gasteiger partial charge in [-0.1, -0.05) is 17.7 Å². The molecule has 0 radical (unpaired) electrons. The van der Waals surface area contributed by atoms with Crippen molar-refractivity contribution in [1.82, 2.24) is 14.9 Å². The molecule has 2 fully saturated rings. The molecule has 0 saturated carbocycles. The second-order valence-electron chi connectivity index (χ2n) is 9.50. The largest absolute Gasteiger partial charge is 0.489 e. The fourth-order valence-corrected chi connectivity index (χ4v) is 4.69. The van der Waals surface area contributed by atoms with Crippen molar-refractivity contribution in [2.45, 2.75) is 18.6 Å². The lowest BCUT2D eigenvalue weighted by Gasteiger charge is -2.39. The maximum absolute atomic E-state index is 13.7. The highest BCUT2D eigenvalue weighted by Gasteiger charge is 2.26. The maximum Gasteiger partial charge on any atom is 0.248 e. The van der Waals surface area contributed by atoms with Crippen LogP contribution in [0.5, 0.6) is 5.75 Å². The average Bonchev–Trinajstić information content (AvgIpc) is 2.95. The normalized spacial score (nSPS) is 19.5. The van der Waals surface area contributed by atoms with E-state index in [1.165, 1.54) is 24.5 Å². The highest BCUT2D eigenvalue weighted by Crippen LogP contribution is 2.34. The summed E-state index contributed by atoms with van der Waals surface area (Å²) in [7, 11) is 1.69. The summed E-state index contributed by atoms with van der Waals surface area (Å²) in [5, 5.41) is 6.68. The molecule has 0 aliphatic carbocycles. The van der Waals surface area contributed by atoms with Gasteiger partial charge in [0, 0.05) is 49.5 Å². The highest BCUT2D eigenvalue weighted by atomic mass is 35.5. The third kappa shape index (κ3) is 7.04. The monoisotopic (exact) mass is 571 g/mol. The molecule has 0 bridgehead atoms. The first kappa shape index (κ1) is 28.2. The molecule has 3 heterocycles. The minimum Gasteiger partial charge on any atom is -0.489 e. The van der Waals surface area contributed by atoms with Crippen molar-refractivity contribution in [3.05, 3.63) is 59.7 Å². The van der Waals surface area contributed by atoms with Gasteiger partial charge in [-0.25, -0.2) is 14.4 Å². The minimum atomic E-state index is -0.518. The second-order valence-corrected chi connectivity index (χ2v) is 9.91. The van der Waals surface area contributed by atoms with E-state index in [1.807, 2.05) is 6.08 Å². The Hall–Kier alpha value is -3.35. The molecule has 3 aromatic rings. The molecule has 2 aliphatic rings. The first-order chi connectivity index (χ1) is 19.5. The molecule has 1 aromatic heterocycles. The van der Waals surface area contributed by atoms with Crippen LogP contribution >= 0.6 is 11.6 Å². The zero-order valence-electron chi connectivity index (χ0n) is 22.1. The van der Waals surface area contributed by atoms with E-state index in [2.05, 4.69) is 25.5 Å². The Bertz CT molecular complexity index is 1370. The molecule has 2 N–H and O–H groups in total. The standard InChI is InChI=1S/C28H31ClFN5O5/c1-37-14-19-6-8-35(19)7-2-3-27(36)34-25-12-21-24(13-26(25)40-16-20-15-38-9-10-39-20)31-17-32-28(21)33-18-4-5-23(30)22(29)11-18/h2-5,11-13,17,19-20H,6-10,14-16H2,1H3,(H,34,36)(H,31,32,33)/t19-,20+/m0/s1. The number of carbonyl (C=O) groups excluding carboxylic acids is 1. The Morgan fingerprint density at radius 1 is 1.25 bits per heavy atom. The number of rotatable bonds is 11. The number of likely N-dealkylation sites (tertiary alicyclic amines) is 1. The van der Waals surface area contributed by atoms with Gasteiger partial charge in [-0.3, -0.25) is 9.69 Å². The minimum absolute atomic E-state index is 0.0144. The molecule has 12 heteroatoms. The van der Waals surface area contributed by atoms with Crippen molar-refractivity contribution in [2.75, 3.05) is 63.9 Å². The molecule has 2 aliphatic heterocycles. The quantitative estimate of drug-likeness (QED) is 0.328. The van der Waals surface area contributed by atoms with Crippen molar-refractivity contribution >= 4 is 45.6 Å². The Labute approximate surface area is 236 Å². The Morgan fingerprint density at radius 3 is 2.90 bits per heavy atom. The second kappa shape index (κ2) is 13.3. The van der Waals surface area contributed by atoms with E-state index in [1.54, 1.807) is 25.3 Å². The number of nitrogens with zero attached hydrogens (tertiary/aromatic N) is 3. The third-order valence-electron chi connectivity index (χ3n) is 6.72. The van der Waals surface area contributed by atoms with Gasteiger partial charge < -0.3 is 29.6 Å². The zero-order chi connectivity index (χ0) is 27.9. The molecular weight excluding hydrogens is 541 g/mol. The molecule has 1 amide bonds. The lowest BCUT2D eigenvalue weighted by Crippen LogP contribution is -2.50. The van der Waals surface area contributed by atoms with Crippen molar-refractivity contribution in [2.24, 2.45) is 0 Å². The van der Waals surface area contributed by atoms with Gasteiger partial charge in [-0.2, -0.15) is 0 Å². The van der Waals surface area contributed by atoms with Gasteiger partial charge in [-0.05, 0) is 30.7 Å². The topological polar surface area (TPSA) is 107 Å². The van der Waals surface area contributed by atoms with Gasteiger partial charge in [-0.15, -0.1) is 0 Å². The Kier molecular flexibility index (Phi) is 9.40. The van der Waals surface area contributed by atoms with Crippen LogP contribution < -0.4 is 15.4 Å². The number of ether oxygens (including phenoxy) is 4. The number of halogens is 2. The van der Waals surface area contributed by atoms with Crippen LogP contribution in [0, 0.1) is 5.82 Å². The Morgan fingerprint density at radius 2 is 2.15 bits per heavy atom. The number of benzene rings is 2. The van der Waals surface area contributed by atoms with Crippen molar-refractivity contribution in [3.63, 3.8) is 0 Å². The molecule has 40 heavy (non-hydrogen) atoms. The van der Waals surface area contributed by atoms with Gasteiger partial charge in [0.2, 0.25) is 5.91 Å². The van der Waals surface area contributed by atoms with E-state index >= 15 is 0 Å². The zero-order valence-corrected chi connectivity index (χ0v) is 22.8. The molecule has 2 saturated heterocycles. The molecule has 2 aromatic carbocycles. The summed E-state index contributed by atoms with van der Waals surface area (Å²) in [5.41, 5.74) is 1.57. The van der Waals surface area contributed by atoms with E-state index in [0.29, 0.717) is 72.9 Å². The molecular formula is C28H31ClFN5O5. The van der Waals surface area contributed by atoms with Gasteiger partial charge >= 0.3 is 0 Å². The summed E-state index contributed by atoms with van der Waals surface area (Å²) in [5.74, 6) is 0.0641. The molecule has 2 atom stereocenters. The SMILES string of the molecule is COC[C@@H]1CCN1CC=CC(=O)Nc1cc2c(Nc3ccc(F)c(Cl)c3)ncnc2cc1OC[C@H]1COCCO1. The Balaban J connectivity index is 1.37. The van der Waals surface area contributed by atoms with E-state index in [9.17, 15) is 9.18 Å². The van der Waals surface area contributed by atoms with Gasteiger partial charge in [0.15, 0.2) is 0 Å². The number of anilines is 3. The van der Waals surface area contributed by atoms with Crippen molar-refractivity contribution < 1.29 is 28.1 Å². The number of aromatic nitrogens is 2. The first-order valence-electron chi connectivity index (χ1n) is 13.0. The van der Waals surface area contributed by atoms with Crippen LogP contribution in [0.3, 0.4) is 0 Å². The van der Waals surface area contributed by atoms with Crippen LogP contribution in [0.2, 0.25) is 5.02 Å². The molecule has 0 spiro atoms. The van der Waals surface area contributed by atoms with Crippen molar-refractivity contribution in [3.8, 4) is 5.75 Å². The number of hydrogen-bond donors (Lipinski definition) is 2. The van der Waals surface area contributed by atoms with Crippen LogP contribution in [-0.2, 0) is 19.0 Å². The molecule has 0 unspecified atom stereocenters. The number of nitrogens with one attached hydrogen (secondary N) is 2. The number of fused-ring (bicyclic) bond motifs is 1. The fourth-order valence-electron chi connectivity index (χ4n) is 4.51. The van der Waals surface area contributed by atoms with E-state index in [4.69, 9.17) is 30.5 Å². The number of carbonyl (C=O) groups is 1. The molecule has 10 nitrogen and oxygen atoms in total. The summed E-state index contributed by atoms with van der Waals surface area (Å²) in [6.45, 7) is 4.03. The summed E-state index contributed by atoms with van der Waals surface area (Å²) in [4.78, 5) is 23.9. The van der Waals surface area contributed by atoms with Crippen LogP contribution in [0.1, 0.15) is 6.42 Å². The average molecular weight is 572 g/mol. The molecule has 212 valence electrons. The lowest BCUT2D eigenvalue weighted by atomic mass is 10.0. The van der Waals surface area contributed by atoms with Crippen LogP contribution in [0.4, 0.5) is 21.6 Å². The van der Waals surface area contributed by atoms with Crippen molar-refractivity contribution in [1.29, 1.82) is 0 Å². The van der Waals surface area contributed by atoms with Gasteiger partial charge in [0.05, 0.1) is 42.7 Å². The predicted molar refractivity (Wildman–Crippen MR) is 150 cm³/mol. The van der Waals surface area contributed by atoms with Gasteiger partial charge in [0.25, 0.3) is 0 Å². The number of amides is 1. The van der Waals surface area contributed by atoms with E-state index < -0.39 is 5.82 Å². The number of hydrogen-bond acceptors (Lipinski definition) is 9. The van der Waals surface area contributed by atoms with Gasteiger partial charge in [0.1, 0.15) is 36.4 Å². The smallest absolute Gasteiger partial charge is 0.248 e. The van der Waals surface area contributed by atoms with E-state index in [0.717, 1.165) is 13.0 Å². The van der Waals surface area contributed by atoms with E-state index in [-0.39, 0.29) is 23.6 Å². The third-order valence-corrected chi connectivity index (χ3v) is 7.01. The van der Waals surface area contributed by atoms with Crippen LogP contribution in [0.15, 0.2) is 48.8 Å². The van der Waals surface area contributed by atoms with Crippen LogP contribution in [-0.4, -0.2) is 86.2 Å². The predicted octanol–water partition coefficient (Wildman–Crippen LogP) is 4.18. The highest BCUT2D eigenvalue weighted by molar-refractivity contribution is 6.31. The summed E-state index contributed by atoms with van der Waals surface area (Å²) < 4.78 is 36.1. The first-order valence-corrected chi connectivity index (χ1v) is 13.4. The summed E-state index contributed by atoms with van der Waals surface area (Å²) >= 11 is 5.95. The number of methoxy groups -OCH3 is 1. The summed E-state index contributed by atoms with van der Waals surface area (Å²) in [6, 6.07) is 8.15. The molecule has 5 rings (SSSR count). The maximum atomic E-state index is 13.7.